The smallest absolute Gasteiger partial charge is 0.191 e. The highest BCUT2D eigenvalue weighted by Crippen LogP contribution is 2.15. The third-order valence-electron chi connectivity index (χ3n) is 4.14. The van der Waals surface area contributed by atoms with E-state index in [1.54, 1.807) is 0 Å². The van der Waals surface area contributed by atoms with Crippen LogP contribution in [0.3, 0.4) is 0 Å². The molecule has 0 aromatic carbocycles. The second kappa shape index (κ2) is 8.28. The number of hydrogen-bond donors (Lipinski definition) is 2. The lowest BCUT2D eigenvalue weighted by Crippen LogP contribution is -2.36. The number of guanidine groups is 1. The molecule has 1 aliphatic rings. The topological polar surface area (TPSA) is 67.1 Å². The number of aryl methyl sites for hydroxylation is 2. The Morgan fingerprint density at radius 3 is 2.96 bits per heavy atom. The molecule has 0 unspecified atom stereocenters. The maximum Gasteiger partial charge on any atom is 0.191 e. The summed E-state index contributed by atoms with van der Waals surface area (Å²) in [6, 6.07) is 4.31. The van der Waals surface area contributed by atoms with Crippen LogP contribution in [0.15, 0.2) is 17.1 Å². The van der Waals surface area contributed by atoms with Gasteiger partial charge in [0.1, 0.15) is 12.4 Å². The molecule has 130 valence electrons. The average Bonchev–Trinajstić information content (AvgIpc) is 3.09. The monoisotopic (exact) mass is 346 g/mol. The fourth-order valence-electron chi connectivity index (χ4n) is 2.90. The van der Waals surface area contributed by atoms with Crippen LogP contribution in [0, 0.1) is 6.92 Å². The zero-order chi connectivity index (χ0) is 16.8. The Hall–Kier alpha value is -1.89. The molecule has 0 radical (unpaired) electrons. The van der Waals surface area contributed by atoms with E-state index >= 15 is 0 Å². The molecule has 0 saturated carbocycles. The summed E-state index contributed by atoms with van der Waals surface area (Å²) in [7, 11) is 0. The van der Waals surface area contributed by atoms with E-state index in [-0.39, 0.29) is 0 Å². The highest BCUT2D eigenvalue weighted by atomic mass is 32.1. The number of aliphatic imine (C=N–C) groups is 1. The first-order valence-electron chi connectivity index (χ1n) is 8.74. The lowest BCUT2D eigenvalue weighted by Gasteiger charge is -2.11. The van der Waals surface area contributed by atoms with E-state index in [4.69, 9.17) is 4.99 Å². The molecule has 6 nitrogen and oxygen atoms in total. The Balaban J connectivity index is 1.64. The molecule has 24 heavy (non-hydrogen) atoms. The molecule has 2 aromatic rings. The SMILES string of the molecule is CCNC(=NCc1nnc2n1CCCCC2)NCc1ccc(C)s1. The minimum atomic E-state index is 0.561. The molecule has 0 atom stereocenters. The van der Waals surface area contributed by atoms with Crippen molar-refractivity contribution in [1.29, 1.82) is 0 Å². The van der Waals surface area contributed by atoms with Crippen molar-refractivity contribution in [2.45, 2.75) is 59.2 Å². The molecule has 2 N–H and O–H groups in total. The molecule has 0 aliphatic carbocycles. The second-order valence-corrected chi connectivity index (χ2v) is 7.43. The molecule has 7 heteroatoms. The molecular weight excluding hydrogens is 320 g/mol. The van der Waals surface area contributed by atoms with Crippen LogP contribution in [0.1, 0.15) is 47.6 Å². The first-order chi connectivity index (χ1) is 11.8. The van der Waals surface area contributed by atoms with Gasteiger partial charge in [-0.05, 0) is 38.8 Å². The molecule has 3 heterocycles. The molecule has 3 rings (SSSR count). The number of nitrogens with one attached hydrogen (secondary N) is 2. The molecule has 1 aliphatic heterocycles. The van der Waals surface area contributed by atoms with Crippen molar-refractivity contribution < 1.29 is 0 Å². The largest absolute Gasteiger partial charge is 0.357 e. The maximum atomic E-state index is 4.69. The molecular formula is C17H26N6S. The summed E-state index contributed by atoms with van der Waals surface area (Å²) < 4.78 is 2.25. The van der Waals surface area contributed by atoms with E-state index in [0.717, 1.165) is 43.7 Å². The summed E-state index contributed by atoms with van der Waals surface area (Å²) in [5, 5.41) is 15.4. The van der Waals surface area contributed by atoms with Gasteiger partial charge in [-0.1, -0.05) is 6.42 Å². The van der Waals surface area contributed by atoms with Gasteiger partial charge in [-0.25, -0.2) is 4.99 Å². The Kier molecular flexibility index (Phi) is 5.85. The van der Waals surface area contributed by atoms with E-state index in [9.17, 15) is 0 Å². The fourth-order valence-corrected chi connectivity index (χ4v) is 3.73. The van der Waals surface area contributed by atoms with Gasteiger partial charge in [0.05, 0.1) is 6.54 Å². The predicted molar refractivity (Wildman–Crippen MR) is 98.3 cm³/mol. The minimum absolute atomic E-state index is 0.561. The number of nitrogens with zero attached hydrogens (tertiary/aromatic N) is 4. The maximum absolute atomic E-state index is 4.69. The third kappa shape index (κ3) is 4.35. The van der Waals surface area contributed by atoms with Gasteiger partial charge in [0.25, 0.3) is 0 Å². The van der Waals surface area contributed by atoms with Gasteiger partial charge >= 0.3 is 0 Å². The molecule has 0 bridgehead atoms. The first-order valence-corrected chi connectivity index (χ1v) is 9.56. The van der Waals surface area contributed by atoms with Gasteiger partial charge in [0, 0.05) is 29.3 Å². The van der Waals surface area contributed by atoms with Crippen LogP contribution in [-0.4, -0.2) is 27.3 Å². The third-order valence-corrected chi connectivity index (χ3v) is 5.14. The van der Waals surface area contributed by atoms with Gasteiger partial charge in [-0.15, -0.1) is 21.5 Å². The number of hydrogen-bond acceptors (Lipinski definition) is 4. The molecule has 2 aromatic heterocycles. The number of fused-ring (bicyclic) bond motifs is 1. The van der Waals surface area contributed by atoms with Crippen LogP contribution in [0.4, 0.5) is 0 Å². The minimum Gasteiger partial charge on any atom is -0.357 e. The van der Waals surface area contributed by atoms with Crippen molar-refractivity contribution in [1.82, 2.24) is 25.4 Å². The zero-order valence-electron chi connectivity index (χ0n) is 14.5. The van der Waals surface area contributed by atoms with E-state index in [0.29, 0.717) is 6.54 Å². The van der Waals surface area contributed by atoms with E-state index in [1.807, 2.05) is 11.3 Å². The zero-order valence-corrected chi connectivity index (χ0v) is 15.3. The molecule has 0 spiro atoms. The lowest BCUT2D eigenvalue weighted by atomic mass is 10.2. The number of thiophene rings is 1. The van der Waals surface area contributed by atoms with Crippen molar-refractivity contribution >= 4 is 17.3 Å². The molecule has 0 fully saturated rings. The summed E-state index contributed by atoms with van der Waals surface area (Å²) in [5.41, 5.74) is 0. The quantitative estimate of drug-likeness (QED) is 0.645. The van der Waals surface area contributed by atoms with Crippen LogP contribution in [0.5, 0.6) is 0 Å². The lowest BCUT2D eigenvalue weighted by molar-refractivity contribution is 0.605. The van der Waals surface area contributed by atoms with Gasteiger partial charge in [0.15, 0.2) is 11.8 Å². The van der Waals surface area contributed by atoms with Crippen LogP contribution >= 0.6 is 11.3 Å². The van der Waals surface area contributed by atoms with Crippen molar-refractivity contribution in [3.63, 3.8) is 0 Å². The molecule has 0 amide bonds. The average molecular weight is 347 g/mol. The summed E-state index contributed by atoms with van der Waals surface area (Å²) in [6.07, 6.45) is 4.73. The Bertz CT molecular complexity index is 687. The van der Waals surface area contributed by atoms with Crippen molar-refractivity contribution in [3.8, 4) is 0 Å². The summed E-state index contributed by atoms with van der Waals surface area (Å²) in [6.45, 7) is 7.42. The Labute approximate surface area is 147 Å². The molecule has 0 saturated heterocycles. The van der Waals surface area contributed by atoms with Crippen molar-refractivity contribution in [3.05, 3.63) is 33.5 Å². The number of rotatable bonds is 5. The van der Waals surface area contributed by atoms with Crippen LogP contribution in [0.2, 0.25) is 0 Å². The normalized spacial score (nSPS) is 15.0. The first kappa shape index (κ1) is 17.0. The van der Waals surface area contributed by atoms with Crippen molar-refractivity contribution in [2.75, 3.05) is 6.54 Å². The second-order valence-electron chi connectivity index (χ2n) is 6.06. The Morgan fingerprint density at radius 1 is 1.25 bits per heavy atom. The van der Waals surface area contributed by atoms with Crippen molar-refractivity contribution in [2.24, 2.45) is 4.99 Å². The predicted octanol–water partition coefficient (Wildman–Crippen LogP) is 2.63. The number of aromatic nitrogens is 3. The summed E-state index contributed by atoms with van der Waals surface area (Å²) in [4.78, 5) is 7.34. The van der Waals surface area contributed by atoms with E-state index in [2.05, 4.69) is 51.4 Å². The van der Waals surface area contributed by atoms with Crippen LogP contribution < -0.4 is 10.6 Å². The van der Waals surface area contributed by atoms with Crippen LogP contribution in [-0.2, 0) is 26.1 Å². The highest BCUT2D eigenvalue weighted by Gasteiger charge is 2.14. The summed E-state index contributed by atoms with van der Waals surface area (Å²) >= 11 is 1.81. The standard InChI is InChI=1S/C17H26N6S/c1-3-18-17(19-11-14-9-8-13(2)24-14)20-12-16-22-21-15-7-5-4-6-10-23(15)16/h8-9H,3-7,10-12H2,1-2H3,(H2,18,19,20). The summed E-state index contributed by atoms with van der Waals surface area (Å²) in [5.74, 6) is 2.91. The van der Waals surface area contributed by atoms with E-state index < -0.39 is 0 Å². The highest BCUT2D eigenvalue weighted by molar-refractivity contribution is 7.11. The fraction of sp³-hybridized carbons (Fsp3) is 0.588. The van der Waals surface area contributed by atoms with Crippen LogP contribution in [0.25, 0.3) is 0 Å². The van der Waals surface area contributed by atoms with E-state index in [1.165, 1.54) is 29.0 Å². The van der Waals surface area contributed by atoms with Gasteiger partial charge in [-0.3, -0.25) is 0 Å². The Morgan fingerprint density at radius 2 is 2.17 bits per heavy atom. The van der Waals surface area contributed by atoms with Gasteiger partial charge in [-0.2, -0.15) is 0 Å². The van der Waals surface area contributed by atoms with Gasteiger partial charge < -0.3 is 15.2 Å². The van der Waals surface area contributed by atoms with Gasteiger partial charge in [0.2, 0.25) is 0 Å².